The van der Waals surface area contributed by atoms with Gasteiger partial charge in [0.05, 0.1) is 0 Å². The van der Waals surface area contributed by atoms with Crippen LogP contribution in [0.2, 0.25) is 0 Å². The van der Waals surface area contributed by atoms with Crippen LogP contribution in [0, 0.1) is 0 Å². The van der Waals surface area contributed by atoms with Crippen molar-refractivity contribution in [2.75, 3.05) is 25.7 Å². The van der Waals surface area contributed by atoms with Gasteiger partial charge in [0.1, 0.15) is 6.67 Å². The van der Waals surface area contributed by atoms with E-state index in [2.05, 4.69) is 0 Å². The minimum absolute atomic E-state index is 0.314. The molecule has 3 heteroatoms. The van der Waals surface area contributed by atoms with Crippen LogP contribution in [-0.2, 0) is 6.54 Å². The lowest BCUT2D eigenvalue weighted by molar-refractivity contribution is -0.696. The molecule has 0 atom stereocenters. The van der Waals surface area contributed by atoms with Crippen LogP contribution in [0.3, 0.4) is 0 Å². The first-order valence-corrected chi connectivity index (χ1v) is 3.96. The second-order valence-corrected chi connectivity index (χ2v) is 2.88. The highest BCUT2D eigenvalue weighted by atomic mass is 19.1. The van der Waals surface area contributed by atoms with Gasteiger partial charge in [-0.05, 0) is 0 Å². The number of hydrogen-bond acceptors (Lipinski definition) is 1. The van der Waals surface area contributed by atoms with E-state index in [4.69, 9.17) is 0 Å². The average molecular weight is 169 g/mol. The minimum atomic E-state index is -0.314. The van der Waals surface area contributed by atoms with Gasteiger partial charge in [-0.15, -0.1) is 0 Å². The molecule has 0 spiro atoms. The topological polar surface area (TPSA) is 7.12 Å². The summed E-state index contributed by atoms with van der Waals surface area (Å²) in [6.07, 6.45) is 3.77. The monoisotopic (exact) mass is 169 g/mol. The Bertz CT molecular complexity index is 231. The molecule has 0 aliphatic heterocycles. The number of alkyl halides is 1. The van der Waals surface area contributed by atoms with Gasteiger partial charge in [-0.1, -0.05) is 0 Å². The third-order valence-electron chi connectivity index (χ3n) is 1.73. The summed E-state index contributed by atoms with van der Waals surface area (Å²) in [7, 11) is 3.96. The molecule has 0 unspecified atom stereocenters. The quantitative estimate of drug-likeness (QED) is 0.612. The van der Waals surface area contributed by atoms with Crippen molar-refractivity contribution in [1.29, 1.82) is 0 Å². The molecule has 1 rings (SSSR count). The zero-order chi connectivity index (χ0) is 8.97. The Labute approximate surface area is 72.2 Å². The summed E-state index contributed by atoms with van der Waals surface area (Å²) in [6.45, 7) is 0.125. The first-order chi connectivity index (χ1) is 5.74. The van der Waals surface area contributed by atoms with Gasteiger partial charge in [0.2, 0.25) is 0 Å². The number of halogens is 1. The van der Waals surface area contributed by atoms with Crippen LogP contribution in [0.1, 0.15) is 0 Å². The number of rotatable bonds is 3. The van der Waals surface area contributed by atoms with E-state index < -0.39 is 0 Å². The van der Waals surface area contributed by atoms with Crippen LogP contribution in [-0.4, -0.2) is 20.8 Å². The van der Waals surface area contributed by atoms with Crippen molar-refractivity contribution in [2.24, 2.45) is 0 Å². The molecular formula is C9H14FN2+. The molecule has 0 N–H and O–H groups in total. The lowest BCUT2D eigenvalue weighted by Gasteiger charge is -2.10. The van der Waals surface area contributed by atoms with E-state index in [9.17, 15) is 4.39 Å². The van der Waals surface area contributed by atoms with Crippen LogP contribution >= 0.6 is 0 Å². The summed E-state index contributed by atoms with van der Waals surface area (Å²) in [6, 6.07) is 3.94. The van der Waals surface area contributed by atoms with Crippen LogP contribution in [0.4, 0.5) is 10.1 Å². The maximum atomic E-state index is 11.9. The Hall–Kier alpha value is -1.12. The van der Waals surface area contributed by atoms with E-state index in [1.807, 2.05) is 48.1 Å². The molecule has 1 aromatic heterocycles. The highest BCUT2D eigenvalue weighted by Gasteiger charge is 2.00. The number of aromatic nitrogens is 1. The second kappa shape index (κ2) is 4.04. The number of pyridine rings is 1. The fraction of sp³-hybridized carbons (Fsp3) is 0.444. The predicted octanol–water partition coefficient (Wildman–Crippen LogP) is 1.01. The molecular weight excluding hydrogens is 155 g/mol. The summed E-state index contributed by atoms with van der Waals surface area (Å²) >= 11 is 0. The molecule has 2 nitrogen and oxygen atoms in total. The Balaban J connectivity index is 2.71. The summed E-state index contributed by atoms with van der Waals surface area (Å²) in [4.78, 5) is 2.01. The molecule has 66 valence electrons. The third kappa shape index (κ3) is 2.19. The first-order valence-electron chi connectivity index (χ1n) is 3.96. The Morgan fingerprint density at radius 2 is 1.92 bits per heavy atom. The molecule has 1 aromatic rings. The SMILES string of the molecule is CN(C)c1cc[n+](CCF)cc1. The van der Waals surface area contributed by atoms with Gasteiger partial charge in [0, 0.05) is 31.9 Å². The molecule has 0 aliphatic carbocycles. The molecule has 0 bridgehead atoms. The second-order valence-electron chi connectivity index (χ2n) is 2.88. The van der Waals surface area contributed by atoms with Crippen molar-refractivity contribution in [2.45, 2.75) is 6.54 Å². The minimum Gasteiger partial charge on any atom is -0.377 e. The lowest BCUT2D eigenvalue weighted by Crippen LogP contribution is -2.33. The fourth-order valence-corrected chi connectivity index (χ4v) is 0.994. The molecule has 0 amide bonds. The Kier molecular flexibility index (Phi) is 3.02. The molecule has 12 heavy (non-hydrogen) atoms. The van der Waals surface area contributed by atoms with Crippen LogP contribution in [0.15, 0.2) is 24.5 Å². The van der Waals surface area contributed by atoms with Gasteiger partial charge in [-0.25, -0.2) is 8.96 Å². The predicted molar refractivity (Wildman–Crippen MR) is 46.9 cm³/mol. The van der Waals surface area contributed by atoms with Crippen LogP contribution in [0.25, 0.3) is 0 Å². The van der Waals surface area contributed by atoms with Crippen molar-refractivity contribution < 1.29 is 8.96 Å². The molecule has 0 saturated carbocycles. The molecule has 1 heterocycles. The van der Waals surface area contributed by atoms with Crippen molar-refractivity contribution >= 4 is 5.69 Å². The summed E-state index contributed by atoms with van der Waals surface area (Å²) in [5.74, 6) is 0. The summed E-state index contributed by atoms with van der Waals surface area (Å²) in [5, 5.41) is 0. The number of hydrogen-bond donors (Lipinski definition) is 0. The van der Waals surface area contributed by atoms with E-state index in [0.717, 1.165) is 5.69 Å². The normalized spacial score (nSPS) is 9.92. The summed E-state index contributed by atoms with van der Waals surface area (Å²) < 4.78 is 13.7. The van der Waals surface area contributed by atoms with Gasteiger partial charge in [0.15, 0.2) is 18.9 Å². The maximum Gasteiger partial charge on any atom is 0.176 e. The van der Waals surface area contributed by atoms with E-state index in [-0.39, 0.29) is 6.67 Å². The number of aryl methyl sites for hydroxylation is 1. The highest BCUT2D eigenvalue weighted by molar-refractivity contribution is 5.41. The lowest BCUT2D eigenvalue weighted by atomic mass is 10.4. The third-order valence-corrected chi connectivity index (χ3v) is 1.73. The Morgan fingerprint density at radius 3 is 2.33 bits per heavy atom. The van der Waals surface area contributed by atoms with Crippen molar-refractivity contribution in [3.63, 3.8) is 0 Å². The van der Waals surface area contributed by atoms with Gasteiger partial charge >= 0.3 is 0 Å². The van der Waals surface area contributed by atoms with E-state index in [0.29, 0.717) is 6.54 Å². The van der Waals surface area contributed by atoms with Gasteiger partial charge < -0.3 is 4.90 Å². The molecule has 0 saturated heterocycles. The largest absolute Gasteiger partial charge is 0.377 e. The number of nitrogens with zero attached hydrogens (tertiary/aromatic N) is 2. The van der Waals surface area contributed by atoms with E-state index in [1.54, 1.807) is 0 Å². The van der Waals surface area contributed by atoms with Crippen molar-refractivity contribution in [3.8, 4) is 0 Å². The zero-order valence-electron chi connectivity index (χ0n) is 7.50. The maximum absolute atomic E-state index is 11.9. The van der Waals surface area contributed by atoms with Crippen molar-refractivity contribution in [3.05, 3.63) is 24.5 Å². The van der Waals surface area contributed by atoms with Crippen LogP contribution in [0.5, 0.6) is 0 Å². The van der Waals surface area contributed by atoms with E-state index in [1.165, 1.54) is 0 Å². The standard InChI is InChI=1S/C9H14FN2/c1-11(2)9-3-6-12(7-4-9)8-5-10/h3-4,6-7H,5,8H2,1-2H3/q+1. The fourth-order valence-electron chi connectivity index (χ4n) is 0.994. The van der Waals surface area contributed by atoms with Crippen LogP contribution < -0.4 is 9.47 Å². The Morgan fingerprint density at radius 1 is 1.33 bits per heavy atom. The van der Waals surface area contributed by atoms with Gasteiger partial charge in [-0.2, -0.15) is 0 Å². The average Bonchev–Trinajstić information content (AvgIpc) is 2.06. The van der Waals surface area contributed by atoms with E-state index >= 15 is 0 Å². The molecule has 0 fully saturated rings. The smallest absolute Gasteiger partial charge is 0.176 e. The molecule has 0 aliphatic rings. The number of anilines is 1. The molecule has 0 aromatic carbocycles. The molecule has 0 radical (unpaired) electrons. The first kappa shape index (κ1) is 8.97. The van der Waals surface area contributed by atoms with Gasteiger partial charge in [-0.3, -0.25) is 0 Å². The zero-order valence-corrected chi connectivity index (χ0v) is 7.50. The highest BCUT2D eigenvalue weighted by Crippen LogP contribution is 2.05. The summed E-state index contributed by atoms with van der Waals surface area (Å²) in [5.41, 5.74) is 1.13. The van der Waals surface area contributed by atoms with Crippen molar-refractivity contribution in [1.82, 2.24) is 0 Å². The van der Waals surface area contributed by atoms with Gasteiger partial charge in [0.25, 0.3) is 0 Å².